The van der Waals surface area contributed by atoms with Gasteiger partial charge >= 0.3 is 0 Å². The molecule has 106 valence electrons. The third-order valence-electron chi connectivity index (χ3n) is 3.26. The molecule has 0 atom stereocenters. The van der Waals surface area contributed by atoms with Gasteiger partial charge in [0.2, 0.25) is 5.95 Å². The van der Waals surface area contributed by atoms with Gasteiger partial charge in [0.05, 0.1) is 0 Å². The SMILES string of the molecule is CN(C)CCN1CCN(c2cc(Cl)nc(N)n2)CC1. The van der Waals surface area contributed by atoms with Gasteiger partial charge in [0.15, 0.2) is 0 Å². The number of halogens is 1. The normalized spacial score (nSPS) is 17.2. The van der Waals surface area contributed by atoms with Crippen molar-refractivity contribution in [1.29, 1.82) is 0 Å². The molecule has 1 saturated heterocycles. The summed E-state index contributed by atoms with van der Waals surface area (Å²) >= 11 is 5.91. The Labute approximate surface area is 119 Å². The van der Waals surface area contributed by atoms with E-state index in [0.717, 1.165) is 45.1 Å². The van der Waals surface area contributed by atoms with Gasteiger partial charge in [-0.1, -0.05) is 11.6 Å². The molecule has 1 aromatic rings. The van der Waals surface area contributed by atoms with Crippen molar-refractivity contribution in [1.82, 2.24) is 19.8 Å². The van der Waals surface area contributed by atoms with E-state index in [0.29, 0.717) is 5.15 Å². The minimum atomic E-state index is 0.234. The Morgan fingerprint density at radius 1 is 1.26 bits per heavy atom. The maximum Gasteiger partial charge on any atom is 0.223 e. The Bertz CT molecular complexity index is 396. The quantitative estimate of drug-likeness (QED) is 0.808. The van der Waals surface area contributed by atoms with E-state index in [-0.39, 0.29) is 5.95 Å². The van der Waals surface area contributed by atoms with E-state index >= 15 is 0 Å². The maximum atomic E-state index is 5.91. The number of nitrogens with zero attached hydrogens (tertiary/aromatic N) is 5. The van der Waals surface area contributed by atoms with E-state index in [1.807, 2.05) is 0 Å². The second kappa shape index (κ2) is 6.36. The van der Waals surface area contributed by atoms with Gasteiger partial charge in [-0.05, 0) is 14.1 Å². The summed E-state index contributed by atoms with van der Waals surface area (Å²) in [7, 11) is 4.20. The number of rotatable bonds is 4. The van der Waals surface area contributed by atoms with Crippen LogP contribution in [0, 0.1) is 0 Å². The van der Waals surface area contributed by atoms with Crippen LogP contribution in [0.2, 0.25) is 5.15 Å². The van der Waals surface area contributed by atoms with Gasteiger partial charge in [0.1, 0.15) is 11.0 Å². The van der Waals surface area contributed by atoms with Crippen molar-refractivity contribution < 1.29 is 0 Å². The highest BCUT2D eigenvalue weighted by Crippen LogP contribution is 2.18. The topological polar surface area (TPSA) is 61.5 Å². The standard InChI is InChI=1S/C12H21ClN6/c1-17(2)3-4-18-5-7-19(8-6-18)11-9-10(13)15-12(14)16-11/h9H,3-8H2,1-2H3,(H2,14,15,16). The fourth-order valence-electron chi connectivity index (χ4n) is 2.13. The van der Waals surface area contributed by atoms with Gasteiger partial charge in [0, 0.05) is 45.3 Å². The second-order valence-corrected chi connectivity index (χ2v) is 5.43. The summed E-state index contributed by atoms with van der Waals surface area (Å²) in [6, 6.07) is 1.77. The maximum absolute atomic E-state index is 5.91. The molecular formula is C12H21ClN6. The van der Waals surface area contributed by atoms with Gasteiger partial charge < -0.3 is 15.5 Å². The first-order valence-corrected chi connectivity index (χ1v) is 6.84. The van der Waals surface area contributed by atoms with Crippen LogP contribution in [-0.2, 0) is 0 Å². The van der Waals surface area contributed by atoms with Crippen LogP contribution < -0.4 is 10.6 Å². The Morgan fingerprint density at radius 2 is 1.95 bits per heavy atom. The molecule has 1 aliphatic rings. The van der Waals surface area contributed by atoms with Crippen molar-refractivity contribution in [2.45, 2.75) is 0 Å². The van der Waals surface area contributed by atoms with Gasteiger partial charge in [-0.3, -0.25) is 4.90 Å². The Morgan fingerprint density at radius 3 is 2.53 bits per heavy atom. The third kappa shape index (κ3) is 4.19. The highest BCUT2D eigenvalue weighted by atomic mass is 35.5. The predicted molar refractivity (Wildman–Crippen MR) is 78.7 cm³/mol. The molecule has 0 unspecified atom stereocenters. The summed E-state index contributed by atoms with van der Waals surface area (Å²) in [6.07, 6.45) is 0. The van der Waals surface area contributed by atoms with E-state index in [1.54, 1.807) is 6.07 Å². The molecule has 2 N–H and O–H groups in total. The predicted octanol–water partition coefficient (Wildman–Crippen LogP) is 0.396. The van der Waals surface area contributed by atoms with Crippen molar-refractivity contribution in [3.8, 4) is 0 Å². The van der Waals surface area contributed by atoms with Crippen LogP contribution >= 0.6 is 11.6 Å². The first-order chi connectivity index (χ1) is 9.04. The number of piperazine rings is 1. The minimum absolute atomic E-state index is 0.234. The minimum Gasteiger partial charge on any atom is -0.368 e. The molecule has 0 radical (unpaired) electrons. The van der Waals surface area contributed by atoms with E-state index in [1.165, 1.54) is 0 Å². The molecule has 2 rings (SSSR count). The average molecular weight is 285 g/mol. The van der Waals surface area contributed by atoms with Crippen LogP contribution in [0.5, 0.6) is 0 Å². The zero-order valence-corrected chi connectivity index (χ0v) is 12.3. The van der Waals surface area contributed by atoms with Crippen molar-refractivity contribution in [2.24, 2.45) is 0 Å². The van der Waals surface area contributed by atoms with Crippen LogP contribution in [0.25, 0.3) is 0 Å². The van der Waals surface area contributed by atoms with E-state index in [4.69, 9.17) is 17.3 Å². The lowest BCUT2D eigenvalue weighted by molar-refractivity contribution is 0.229. The number of aromatic nitrogens is 2. The molecule has 1 aromatic heterocycles. The highest BCUT2D eigenvalue weighted by Gasteiger charge is 2.18. The molecule has 0 aliphatic carbocycles. The summed E-state index contributed by atoms with van der Waals surface area (Å²) in [5.41, 5.74) is 5.63. The van der Waals surface area contributed by atoms with Crippen molar-refractivity contribution in [2.75, 3.05) is 64.0 Å². The molecule has 0 spiro atoms. The lowest BCUT2D eigenvalue weighted by atomic mass is 10.3. The second-order valence-electron chi connectivity index (χ2n) is 5.04. The molecule has 0 aromatic carbocycles. The molecule has 19 heavy (non-hydrogen) atoms. The average Bonchev–Trinajstić information content (AvgIpc) is 2.36. The van der Waals surface area contributed by atoms with Gasteiger partial charge in [-0.15, -0.1) is 0 Å². The van der Waals surface area contributed by atoms with Crippen LogP contribution in [-0.4, -0.2) is 73.1 Å². The molecule has 2 heterocycles. The summed E-state index contributed by atoms with van der Waals surface area (Å²) in [4.78, 5) is 15.0. The van der Waals surface area contributed by atoms with Crippen LogP contribution in [0.3, 0.4) is 0 Å². The lowest BCUT2D eigenvalue weighted by Gasteiger charge is -2.35. The van der Waals surface area contributed by atoms with Gasteiger partial charge in [-0.25, -0.2) is 4.98 Å². The largest absolute Gasteiger partial charge is 0.368 e. The third-order valence-corrected chi connectivity index (χ3v) is 3.45. The zero-order valence-electron chi connectivity index (χ0n) is 11.5. The fraction of sp³-hybridized carbons (Fsp3) is 0.667. The fourth-order valence-corrected chi connectivity index (χ4v) is 2.31. The summed E-state index contributed by atoms with van der Waals surface area (Å²) in [6.45, 7) is 6.16. The Balaban J connectivity index is 1.89. The Kier molecular flexibility index (Phi) is 4.79. The van der Waals surface area contributed by atoms with Crippen LogP contribution in [0.15, 0.2) is 6.07 Å². The van der Waals surface area contributed by atoms with Crippen LogP contribution in [0.1, 0.15) is 0 Å². The molecule has 1 fully saturated rings. The van der Waals surface area contributed by atoms with Crippen LogP contribution in [0.4, 0.5) is 11.8 Å². The zero-order chi connectivity index (χ0) is 13.8. The van der Waals surface area contributed by atoms with E-state index in [9.17, 15) is 0 Å². The molecular weight excluding hydrogens is 264 g/mol. The number of anilines is 2. The van der Waals surface area contributed by atoms with Gasteiger partial charge in [0.25, 0.3) is 0 Å². The van der Waals surface area contributed by atoms with Crippen molar-refractivity contribution >= 4 is 23.4 Å². The van der Waals surface area contributed by atoms with Crippen molar-refractivity contribution in [3.05, 3.63) is 11.2 Å². The van der Waals surface area contributed by atoms with Gasteiger partial charge in [-0.2, -0.15) is 4.98 Å². The summed E-state index contributed by atoms with van der Waals surface area (Å²) in [5, 5.41) is 0.400. The first kappa shape index (κ1) is 14.3. The molecule has 1 aliphatic heterocycles. The first-order valence-electron chi connectivity index (χ1n) is 6.46. The Hall–Kier alpha value is -1.11. The molecule has 0 amide bonds. The number of hydrogen-bond acceptors (Lipinski definition) is 6. The highest BCUT2D eigenvalue weighted by molar-refractivity contribution is 6.29. The number of hydrogen-bond donors (Lipinski definition) is 1. The number of nitrogen functional groups attached to an aromatic ring is 1. The molecule has 0 saturated carbocycles. The van der Waals surface area contributed by atoms with E-state index in [2.05, 4.69) is 38.8 Å². The number of nitrogens with two attached hydrogens (primary N) is 1. The molecule has 6 nitrogen and oxygen atoms in total. The van der Waals surface area contributed by atoms with E-state index < -0.39 is 0 Å². The monoisotopic (exact) mass is 284 g/mol. The molecule has 7 heteroatoms. The molecule has 0 bridgehead atoms. The summed E-state index contributed by atoms with van der Waals surface area (Å²) < 4.78 is 0. The van der Waals surface area contributed by atoms with Crippen molar-refractivity contribution in [3.63, 3.8) is 0 Å². The summed E-state index contributed by atoms with van der Waals surface area (Å²) in [5.74, 6) is 1.06. The lowest BCUT2D eigenvalue weighted by Crippen LogP contribution is -2.48. The smallest absolute Gasteiger partial charge is 0.223 e. The number of likely N-dealkylation sites (N-methyl/N-ethyl adjacent to an activating group) is 1.